The SMILES string of the molecule is C[C@H](CCCC(=O)c1nc2ccccc2s1)[C@H]1CC[C@H]2/C(=C/C=C3CC(O[Si](C)(C)C(C)(C)C)CC(O[Si](C)(C)C(C)(C)C)C3)CCC[C@]12C. The largest absolute Gasteiger partial charge is 0.414 e. The van der Waals surface area contributed by atoms with Crippen LogP contribution in [0.1, 0.15) is 136 Å². The summed E-state index contributed by atoms with van der Waals surface area (Å²) >= 11 is 1.54. The van der Waals surface area contributed by atoms with Crippen LogP contribution in [0.5, 0.6) is 0 Å². The fraction of sp³-hybridized carbons (Fsp3) is 0.721. The minimum Gasteiger partial charge on any atom is -0.414 e. The topological polar surface area (TPSA) is 48.4 Å². The number of Topliss-reactive ketones (excluding diaryl/α,β-unsaturated/α-hetero) is 1. The van der Waals surface area contributed by atoms with Gasteiger partial charge in [-0.25, -0.2) is 4.98 Å². The molecule has 4 nitrogen and oxygen atoms in total. The van der Waals surface area contributed by atoms with Crippen molar-refractivity contribution in [1.82, 2.24) is 4.98 Å². The highest BCUT2D eigenvalue weighted by Crippen LogP contribution is 2.60. The highest BCUT2D eigenvalue weighted by molar-refractivity contribution is 7.20. The van der Waals surface area contributed by atoms with Gasteiger partial charge in [0.05, 0.1) is 22.4 Å². The maximum absolute atomic E-state index is 13.0. The Hall–Kier alpha value is -1.39. The molecule has 1 heterocycles. The summed E-state index contributed by atoms with van der Waals surface area (Å²) in [5, 5.41) is 1.07. The first kappa shape index (κ1) is 39.8. The molecule has 1 aromatic carbocycles. The van der Waals surface area contributed by atoms with Crippen LogP contribution in [0.15, 0.2) is 47.6 Å². The number of rotatable bonds is 11. The van der Waals surface area contributed by atoms with Gasteiger partial charge in [0.2, 0.25) is 0 Å². The fourth-order valence-corrected chi connectivity index (χ4v) is 12.6. The van der Waals surface area contributed by atoms with E-state index in [9.17, 15) is 4.79 Å². The zero-order valence-electron chi connectivity index (χ0n) is 33.7. The summed E-state index contributed by atoms with van der Waals surface area (Å²) in [6.07, 6.45) is 17.8. The van der Waals surface area contributed by atoms with Gasteiger partial charge in [-0.2, -0.15) is 0 Å². The van der Waals surface area contributed by atoms with E-state index in [1.165, 1.54) is 37.7 Å². The Kier molecular flexibility index (Phi) is 12.1. The molecule has 2 unspecified atom stereocenters. The Balaban J connectivity index is 1.26. The lowest BCUT2D eigenvalue weighted by Crippen LogP contribution is -2.48. The Labute approximate surface area is 311 Å². The first-order valence-corrected chi connectivity index (χ1v) is 26.5. The van der Waals surface area contributed by atoms with E-state index >= 15 is 0 Å². The number of aromatic nitrogens is 1. The third kappa shape index (κ3) is 8.86. The molecule has 3 saturated carbocycles. The first-order valence-electron chi connectivity index (χ1n) is 19.8. The summed E-state index contributed by atoms with van der Waals surface area (Å²) in [6, 6.07) is 8.08. The molecule has 5 rings (SSSR count). The normalized spacial score (nSPS) is 28.2. The molecule has 2 aromatic rings. The van der Waals surface area contributed by atoms with E-state index in [0.717, 1.165) is 48.2 Å². The fourth-order valence-electron chi connectivity index (χ4n) is 8.95. The minimum atomic E-state index is -1.90. The van der Waals surface area contributed by atoms with Gasteiger partial charge in [0.1, 0.15) is 0 Å². The van der Waals surface area contributed by atoms with Crippen LogP contribution in [0.25, 0.3) is 10.2 Å². The Morgan fingerprint density at radius 3 is 2.20 bits per heavy atom. The molecule has 0 spiro atoms. The second kappa shape index (κ2) is 15.2. The van der Waals surface area contributed by atoms with Crippen molar-refractivity contribution in [2.24, 2.45) is 23.2 Å². The monoisotopic (exact) mass is 735 g/mol. The lowest BCUT2D eigenvalue weighted by molar-refractivity contribution is 0.0724. The molecule has 3 fully saturated rings. The number of hydrogen-bond acceptors (Lipinski definition) is 5. The van der Waals surface area contributed by atoms with Crippen LogP contribution in [-0.2, 0) is 8.85 Å². The number of para-hydroxylation sites is 1. The predicted molar refractivity (Wildman–Crippen MR) is 219 cm³/mol. The van der Waals surface area contributed by atoms with Crippen molar-refractivity contribution in [3.05, 3.63) is 52.6 Å². The van der Waals surface area contributed by atoms with Crippen LogP contribution in [0.3, 0.4) is 0 Å². The molecular formula is C43H69NO3SSi2. The second-order valence-electron chi connectivity index (χ2n) is 19.6. The summed E-state index contributed by atoms with van der Waals surface area (Å²) in [5.41, 5.74) is 4.50. The molecule has 0 bridgehead atoms. The van der Waals surface area contributed by atoms with Gasteiger partial charge < -0.3 is 8.85 Å². The van der Waals surface area contributed by atoms with Gasteiger partial charge in [-0.1, -0.05) is 90.8 Å². The standard InChI is InChI=1S/C43H69NO3SSi2/c1-30(17-15-20-38(45)40-44-37-19-13-14-21-39(37)48-40)35-24-25-36-32(18-16-26-43(35,36)8)23-22-31-27-33(46-49(9,10)41(2,3)4)29-34(28-31)47-50(11,12)42(5,6)7/h13-14,19,21-23,30,33-36H,15-18,20,24-29H2,1-12H3/b31-22?,32-23+/t30-,33?,34?,35-,36+,43-/m1/s1. The number of benzene rings is 1. The quantitative estimate of drug-likeness (QED) is 0.170. The molecular weight excluding hydrogens is 667 g/mol. The highest BCUT2D eigenvalue weighted by Gasteiger charge is 2.50. The molecule has 50 heavy (non-hydrogen) atoms. The van der Waals surface area contributed by atoms with Crippen molar-refractivity contribution >= 4 is 44.0 Å². The lowest BCUT2D eigenvalue weighted by Gasteiger charge is -2.45. The van der Waals surface area contributed by atoms with E-state index in [0.29, 0.717) is 28.7 Å². The van der Waals surface area contributed by atoms with Gasteiger partial charge in [-0.3, -0.25) is 4.79 Å². The molecule has 0 radical (unpaired) electrons. The van der Waals surface area contributed by atoms with Gasteiger partial charge in [-0.05, 0) is 136 Å². The number of hydrogen-bond donors (Lipinski definition) is 0. The Morgan fingerprint density at radius 2 is 1.60 bits per heavy atom. The van der Waals surface area contributed by atoms with Crippen molar-refractivity contribution in [1.29, 1.82) is 0 Å². The molecule has 278 valence electrons. The highest BCUT2D eigenvalue weighted by atomic mass is 32.1. The second-order valence-corrected chi connectivity index (χ2v) is 30.1. The summed E-state index contributed by atoms with van der Waals surface area (Å²) in [6.45, 7) is 28.8. The number of ketones is 1. The van der Waals surface area contributed by atoms with Crippen molar-refractivity contribution in [3.63, 3.8) is 0 Å². The summed E-state index contributed by atoms with van der Waals surface area (Å²) in [7, 11) is -3.79. The molecule has 3 aliphatic rings. The number of carbonyl (C=O) groups excluding carboxylic acids is 1. The first-order chi connectivity index (χ1) is 23.2. The molecule has 0 aliphatic heterocycles. The smallest absolute Gasteiger partial charge is 0.192 e. The van der Waals surface area contributed by atoms with Gasteiger partial charge in [0.15, 0.2) is 27.4 Å². The molecule has 7 heteroatoms. The van der Waals surface area contributed by atoms with Gasteiger partial charge in [0.25, 0.3) is 0 Å². The number of carbonyl (C=O) groups is 1. The van der Waals surface area contributed by atoms with Crippen molar-refractivity contribution < 1.29 is 13.6 Å². The van der Waals surface area contributed by atoms with Gasteiger partial charge in [-0.15, -0.1) is 11.3 Å². The third-order valence-corrected chi connectivity index (χ3v) is 24.0. The number of nitrogens with zero attached hydrogens (tertiary/aromatic N) is 1. The molecule has 6 atom stereocenters. The zero-order valence-corrected chi connectivity index (χ0v) is 36.5. The zero-order chi connectivity index (χ0) is 36.7. The maximum Gasteiger partial charge on any atom is 0.192 e. The van der Waals surface area contributed by atoms with Crippen molar-refractivity contribution in [2.45, 2.75) is 174 Å². The van der Waals surface area contributed by atoms with Gasteiger partial charge in [0, 0.05) is 6.42 Å². The van der Waals surface area contributed by atoms with E-state index in [1.54, 1.807) is 16.9 Å². The molecule has 0 amide bonds. The van der Waals surface area contributed by atoms with Crippen LogP contribution >= 0.6 is 11.3 Å². The summed E-state index contributed by atoms with van der Waals surface area (Å²) < 4.78 is 15.3. The van der Waals surface area contributed by atoms with E-state index in [-0.39, 0.29) is 28.1 Å². The van der Waals surface area contributed by atoms with Crippen LogP contribution in [-0.4, -0.2) is 39.6 Å². The van der Waals surface area contributed by atoms with E-state index in [2.05, 4.69) is 105 Å². The molecule has 0 saturated heterocycles. The van der Waals surface area contributed by atoms with Crippen molar-refractivity contribution in [2.75, 3.05) is 0 Å². The minimum absolute atomic E-state index is 0.195. The maximum atomic E-state index is 13.0. The number of fused-ring (bicyclic) bond motifs is 2. The van der Waals surface area contributed by atoms with E-state index in [4.69, 9.17) is 8.85 Å². The average molecular weight is 736 g/mol. The summed E-state index contributed by atoms with van der Waals surface area (Å²) in [5.74, 6) is 2.24. The van der Waals surface area contributed by atoms with Crippen LogP contribution in [0.2, 0.25) is 36.3 Å². The Morgan fingerprint density at radius 1 is 0.980 bits per heavy atom. The molecule has 1 aromatic heterocycles. The average Bonchev–Trinajstić information content (AvgIpc) is 3.60. The lowest BCUT2D eigenvalue weighted by atomic mass is 9.60. The number of allylic oxidation sites excluding steroid dienone is 3. The van der Waals surface area contributed by atoms with Gasteiger partial charge >= 0.3 is 0 Å². The van der Waals surface area contributed by atoms with Crippen LogP contribution in [0, 0.1) is 23.2 Å². The van der Waals surface area contributed by atoms with E-state index in [1.807, 2.05) is 18.2 Å². The van der Waals surface area contributed by atoms with E-state index < -0.39 is 16.6 Å². The van der Waals surface area contributed by atoms with Crippen LogP contribution < -0.4 is 0 Å². The Bertz CT molecular complexity index is 1490. The van der Waals surface area contributed by atoms with Crippen LogP contribution in [0.4, 0.5) is 0 Å². The third-order valence-electron chi connectivity index (χ3n) is 13.9. The van der Waals surface area contributed by atoms with Crippen molar-refractivity contribution in [3.8, 4) is 0 Å². The predicted octanol–water partition coefficient (Wildman–Crippen LogP) is 13.3. The summed E-state index contributed by atoms with van der Waals surface area (Å²) in [4.78, 5) is 17.7. The molecule has 0 N–H and O–H groups in total. The molecule has 3 aliphatic carbocycles. The number of thiazole rings is 1.